The third kappa shape index (κ3) is 4.81. The Kier molecular flexibility index (Phi) is 6.17. The number of nitriles is 1. The normalized spacial score (nSPS) is 14.3. The Labute approximate surface area is 177 Å². The Morgan fingerprint density at radius 2 is 1.76 bits per heavy atom. The van der Waals surface area contributed by atoms with Crippen LogP contribution in [0.25, 0.3) is 11.1 Å². The number of benzene rings is 3. The van der Waals surface area contributed by atoms with E-state index in [-0.39, 0.29) is 0 Å². The second-order valence-electron chi connectivity index (χ2n) is 7.47. The van der Waals surface area contributed by atoms with Gasteiger partial charge in [-0.05, 0) is 83.8 Å². The Bertz CT molecular complexity index is 996. The summed E-state index contributed by atoms with van der Waals surface area (Å²) in [5.74, 6) is 1.41. The van der Waals surface area contributed by atoms with E-state index in [4.69, 9.17) is 16.3 Å². The van der Waals surface area contributed by atoms with Crippen molar-refractivity contribution in [2.45, 2.75) is 38.2 Å². The van der Waals surface area contributed by atoms with Gasteiger partial charge in [0.05, 0.1) is 11.6 Å². The summed E-state index contributed by atoms with van der Waals surface area (Å²) >= 11 is 6.03. The number of ether oxygens (including phenoxy) is 1. The van der Waals surface area contributed by atoms with Crippen LogP contribution in [0.5, 0.6) is 5.75 Å². The lowest BCUT2D eigenvalue weighted by molar-refractivity contribution is 0.306. The molecule has 1 radical (unpaired) electrons. The Morgan fingerprint density at radius 1 is 0.966 bits per heavy atom. The first-order valence-corrected chi connectivity index (χ1v) is 10.5. The first-order chi connectivity index (χ1) is 14.2. The fourth-order valence-electron chi connectivity index (χ4n) is 3.91. The van der Waals surface area contributed by atoms with E-state index >= 15 is 0 Å². The molecule has 0 spiro atoms. The van der Waals surface area contributed by atoms with Crippen molar-refractivity contribution in [3.63, 3.8) is 0 Å². The Hall–Kier alpha value is -2.76. The number of hydrogen-bond acceptors (Lipinski definition) is 2. The summed E-state index contributed by atoms with van der Waals surface area (Å²) in [6.45, 7) is 0.405. The summed E-state index contributed by atoms with van der Waals surface area (Å²) < 4.78 is 6.07. The van der Waals surface area contributed by atoms with Crippen LogP contribution in [0.2, 0.25) is 5.02 Å². The lowest BCUT2D eigenvalue weighted by atomic mass is 9.84. The first-order valence-electron chi connectivity index (χ1n) is 10.1. The molecule has 0 bridgehead atoms. The van der Waals surface area contributed by atoms with E-state index < -0.39 is 0 Å². The van der Waals surface area contributed by atoms with E-state index in [0.29, 0.717) is 23.1 Å². The zero-order chi connectivity index (χ0) is 20.1. The van der Waals surface area contributed by atoms with Gasteiger partial charge >= 0.3 is 0 Å². The summed E-state index contributed by atoms with van der Waals surface area (Å²) in [4.78, 5) is 0. The van der Waals surface area contributed by atoms with Gasteiger partial charge in [-0.2, -0.15) is 5.26 Å². The van der Waals surface area contributed by atoms with E-state index in [1.807, 2.05) is 54.6 Å². The number of halogens is 1. The van der Waals surface area contributed by atoms with Gasteiger partial charge in [0.1, 0.15) is 12.4 Å². The van der Waals surface area contributed by atoms with Crippen LogP contribution in [0.3, 0.4) is 0 Å². The molecule has 3 heteroatoms. The predicted molar refractivity (Wildman–Crippen MR) is 118 cm³/mol. The van der Waals surface area contributed by atoms with Gasteiger partial charge in [-0.15, -0.1) is 0 Å². The third-order valence-corrected chi connectivity index (χ3v) is 5.76. The quantitative estimate of drug-likeness (QED) is 0.449. The van der Waals surface area contributed by atoms with Crippen LogP contribution in [0.4, 0.5) is 0 Å². The number of hydrogen-bond donors (Lipinski definition) is 0. The molecule has 1 saturated carbocycles. The van der Waals surface area contributed by atoms with Crippen molar-refractivity contribution >= 4 is 11.6 Å². The zero-order valence-corrected chi connectivity index (χ0v) is 17.0. The Balaban J connectivity index is 1.51. The van der Waals surface area contributed by atoms with Gasteiger partial charge in [0.2, 0.25) is 0 Å². The molecule has 2 nitrogen and oxygen atoms in total. The van der Waals surface area contributed by atoms with Gasteiger partial charge in [0.15, 0.2) is 0 Å². The molecule has 1 atom stereocenters. The van der Waals surface area contributed by atoms with Crippen LogP contribution in [0.1, 0.15) is 48.3 Å². The summed E-state index contributed by atoms with van der Waals surface area (Å²) in [5.41, 5.74) is 5.08. The SMILES string of the molecule is N#Cc1ccc(-c2ccc(Cl)cc2)c(COc2ccc(C3[CH]CCCC3)cc2)c1. The molecule has 1 aliphatic rings. The summed E-state index contributed by atoms with van der Waals surface area (Å²) in [6.07, 6.45) is 7.51. The topological polar surface area (TPSA) is 33.0 Å². The maximum atomic E-state index is 9.29. The van der Waals surface area contributed by atoms with Crippen LogP contribution in [0.15, 0.2) is 66.7 Å². The summed E-state index contributed by atoms with van der Waals surface area (Å²) in [7, 11) is 0. The minimum atomic E-state index is 0.405. The van der Waals surface area contributed by atoms with Crippen molar-refractivity contribution in [2.75, 3.05) is 0 Å². The van der Waals surface area contributed by atoms with Crippen LogP contribution >= 0.6 is 11.6 Å². The molecule has 1 unspecified atom stereocenters. The fourth-order valence-corrected chi connectivity index (χ4v) is 4.04. The van der Waals surface area contributed by atoms with E-state index in [2.05, 4.69) is 24.6 Å². The van der Waals surface area contributed by atoms with Crippen molar-refractivity contribution in [3.05, 3.63) is 94.9 Å². The highest BCUT2D eigenvalue weighted by molar-refractivity contribution is 6.30. The monoisotopic (exact) mass is 400 g/mol. The van der Waals surface area contributed by atoms with E-state index in [1.165, 1.54) is 31.2 Å². The highest BCUT2D eigenvalue weighted by atomic mass is 35.5. The van der Waals surface area contributed by atoms with Gasteiger partial charge < -0.3 is 4.74 Å². The summed E-state index contributed by atoms with van der Waals surface area (Å²) in [5, 5.41) is 9.99. The molecule has 0 N–H and O–H groups in total. The highest BCUT2D eigenvalue weighted by Crippen LogP contribution is 2.33. The van der Waals surface area contributed by atoms with E-state index in [1.54, 1.807) is 0 Å². The molecule has 0 heterocycles. The van der Waals surface area contributed by atoms with Crippen molar-refractivity contribution in [3.8, 4) is 22.9 Å². The average molecular weight is 401 g/mol. The third-order valence-electron chi connectivity index (χ3n) is 5.51. The van der Waals surface area contributed by atoms with Gasteiger partial charge in [-0.1, -0.05) is 54.8 Å². The number of nitrogens with zero attached hydrogens (tertiary/aromatic N) is 1. The van der Waals surface area contributed by atoms with Crippen molar-refractivity contribution < 1.29 is 4.74 Å². The molecule has 4 rings (SSSR count). The minimum absolute atomic E-state index is 0.405. The van der Waals surface area contributed by atoms with Gasteiger partial charge in [0.25, 0.3) is 0 Å². The second-order valence-corrected chi connectivity index (χ2v) is 7.91. The molecular formula is C26H23ClNO. The summed E-state index contributed by atoms with van der Waals surface area (Å²) in [6, 6.07) is 24.1. The number of rotatable bonds is 5. The lowest BCUT2D eigenvalue weighted by Gasteiger charge is -2.21. The predicted octanol–water partition coefficient (Wildman–Crippen LogP) is 7.32. The molecule has 145 valence electrons. The van der Waals surface area contributed by atoms with Crippen molar-refractivity contribution in [1.82, 2.24) is 0 Å². The molecule has 1 fully saturated rings. The average Bonchev–Trinajstić information content (AvgIpc) is 2.79. The smallest absolute Gasteiger partial charge is 0.119 e. The molecule has 3 aromatic carbocycles. The Morgan fingerprint density at radius 3 is 2.45 bits per heavy atom. The van der Waals surface area contributed by atoms with E-state index in [0.717, 1.165) is 22.4 Å². The van der Waals surface area contributed by atoms with Crippen LogP contribution in [-0.2, 0) is 6.61 Å². The molecule has 0 aromatic heterocycles. The van der Waals surface area contributed by atoms with Crippen LogP contribution in [-0.4, -0.2) is 0 Å². The molecule has 0 saturated heterocycles. The largest absolute Gasteiger partial charge is 0.489 e. The standard InChI is InChI=1S/C26H23ClNO/c27-24-11-7-22(8-12-24)26-15-6-19(17-28)16-23(26)18-29-25-13-9-21(10-14-25)20-4-2-1-3-5-20/h4,6-16,20H,1-3,5,18H2. The van der Waals surface area contributed by atoms with Gasteiger partial charge in [-0.25, -0.2) is 0 Å². The van der Waals surface area contributed by atoms with Gasteiger partial charge in [-0.3, -0.25) is 0 Å². The molecule has 0 amide bonds. The molecule has 29 heavy (non-hydrogen) atoms. The molecule has 0 aliphatic heterocycles. The van der Waals surface area contributed by atoms with Gasteiger partial charge in [0, 0.05) is 5.02 Å². The molecule has 1 aliphatic carbocycles. The second kappa shape index (κ2) is 9.16. The maximum Gasteiger partial charge on any atom is 0.119 e. The molecule has 3 aromatic rings. The highest BCUT2D eigenvalue weighted by Gasteiger charge is 2.15. The van der Waals surface area contributed by atoms with Crippen molar-refractivity contribution in [2.24, 2.45) is 0 Å². The fraction of sp³-hybridized carbons (Fsp3) is 0.231. The first kappa shape index (κ1) is 19.6. The zero-order valence-electron chi connectivity index (χ0n) is 16.3. The maximum absolute atomic E-state index is 9.29. The lowest BCUT2D eigenvalue weighted by Crippen LogP contribution is -2.05. The minimum Gasteiger partial charge on any atom is -0.489 e. The molecular weight excluding hydrogens is 378 g/mol. The van der Waals surface area contributed by atoms with E-state index in [9.17, 15) is 5.26 Å². The van der Waals surface area contributed by atoms with Crippen LogP contribution < -0.4 is 4.74 Å². The van der Waals surface area contributed by atoms with Crippen LogP contribution in [0, 0.1) is 17.8 Å². The van der Waals surface area contributed by atoms with Crippen molar-refractivity contribution in [1.29, 1.82) is 5.26 Å².